The molecule has 0 radical (unpaired) electrons. The van der Waals surface area contributed by atoms with Crippen LogP contribution in [0.2, 0.25) is 0 Å². The lowest BCUT2D eigenvalue weighted by Crippen LogP contribution is -2.54. The Morgan fingerprint density at radius 3 is 3.20 bits per heavy atom. The van der Waals surface area contributed by atoms with Crippen molar-refractivity contribution in [1.29, 1.82) is 0 Å². The number of likely N-dealkylation sites (N-methyl/N-ethyl adjacent to an activating group) is 1. The van der Waals surface area contributed by atoms with Crippen LogP contribution in [0.5, 0.6) is 0 Å². The molecule has 1 amide bonds. The van der Waals surface area contributed by atoms with Crippen molar-refractivity contribution in [2.75, 3.05) is 13.1 Å². The maximum Gasteiger partial charge on any atom is 0.237 e. The van der Waals surface area contributed by atoms with Crippen LogP contribution in [-0.2, 0) is 17.9 Å². The first-order valence-electron chi connectivity index (χ1n) is 7.30. The Kier molecular flexibility index (Phi) is 3.47. The minimum absolute atomic E-state index is 0.220. The van der Waals surface area contributed by atoms with Crippen LogP contribution in [0.25, 0.3) is 0 Å². The van der Waals surface area contributed by atoms with Gasteiger partial charge in [-0.05, 0) is 25.8 Å². The van der Waals surface area contributed by atoms with Gasteiger partial charge in [-0.1, -0.05) is 6.92 Å². The van der Waals surface area contributed by atoms with Gasteiger partial charge in [-0.3, -0.25) is 9.69 Å². The van der Waals surface area contributed by atoms with E-state index in [9.17, 15) is 4.79 Å². The molecule has 2 heterocycles. The molecule has 1 aromatic heterocycles. The van der Waals surface area contributed by atoms with Crippen molar-refractivity contribution in [3.63, 3.8) is 0 Å². The van der Waals surface area contributed by atoms with E-state index in [1.807, 2.05) is 6.92 Å². The summed E-state index contributed by atoms with van der Waals surface area (Å²) in [5.74, 6) is 0.790. The summed E-state index contributed by atoms with van der Waals surface area (Å²) in [4.78, 5) is 14.2. The van der Waals surface area contributed by atoms with Gasteiger partial charge in [-0.15, -0.1) is 10.2 Å². The van der Waals surface area contributed by atoms with E-state index >= 15 is 0 Å². The normalized spacial score (nSPS) is 30.4. The first-order valence-corrected chi connectivity index (χ1v) is 7.30. The molecule has 1 saturated carbocycles. The molecule has 1 fully saturated rings. The Hall–Kier alpha value is -1.47. The lowest BCUT2D eigenvalue weighted by Gasteiger charge is -2.33. The zero-order valence-electron chi connectivity index (χ0n) is 11.9. The van der Waals surface area contributed by atoms with Crippen molar-refractivity contribution in [2.45, 2.75) is 50.9 Å². The highest BCUT2D eigenvalue weighted by molar-refractivity contribution is 5.85. The number of nitrogens with zero attached hydrogens (tertiary/aromatic N) is 4. The summed E-state index contributed by atoms with van der Waals surface area (Å²) in [5.41, 5.74) is 5.10. The maximum atomic E-state index is 11.8. The Morgan fingerprint density at radius 2 is 2.45 bits per heavy atom. The number of nitrogens with one attached hydrogen (secondary N) is 1. The minimum Gasteiger partial charge on any atom is -0.368 e. The number of rotatable bonds is 4. The van der Waals surface area contributed by atoms with Gasteiger partial charge in [-0.25, -0.2) is 0 Å². The van der Waals surface area contributed by atoms with Gasteiger partial charge >= 0.3 is 0 Å². The molecule has 20 heavy (non-hydrogen) atoms. The van der Waals surface area contributed by atoms with Crippen molar-refractivity contribution < 1.29 is 4.79 Å². The molecular formula is C13H22N6O. The molecule has 0 saturated heterocycles. The van der Waals surface area contributed by atoms with E-state index in [4.69, 9.17) is 5.73 Å². The Bertz CT molecular complexity index is 501. The molecule has 2 aliphatic rings. The fourth-order valence-corrected chi connectivity index (χ4v) is 3.54. The van der Waals surface area contributed by atoms with Gasteiger partial charge in [0.15, 0.2) is 0 Å². The lowest BCUT2D eigenvalue weighted by molar-refractivity contribution is -0.124. The summed E-state index contributed by atoms with van der Waals surface area (Å²) in [6.45, 7) is 5.50. The number of carbonyl (C=O) groups excluding carboxylic acids is 1. The van der Waals surface area contributed by atoms with Crippen LogP contribution < -0.4 is 11.1 Å². The zero-order valence-corrected chi connectivity index (χ0v) is 11.9. The van der Waals surface area contributed by atoms with E-state index in [1.54, 1.807) is 6.33 Å². The van der Waals surface area contributed by atoms with Crippen molar-refractivity contribution in [1.82, 2.24) is 25.0 Å². The van der Waals surface area contributed by atoms with Crippen molar-refractivity contribution in [3.05, 3.63) is 12.2 Å². The van der Waals surface area contributed by atoms with Gasteiger partial charge in [0.25, 0.3) is 0 Å². The third kappa shape index (κ3) is 2.20. The van der Waals surface area contributed by atoms with Gasteiger partial charge in [0, 0.05) is 19.1 Å². The number of amides is 1. The average Bonchev–Trinajstić information content (AvgIpc) is 3.05. The highest BCUT2D eigenvalue weighted by Gasteiger charge is 2.45. The SMILES string of the molecule is CCNC1(C(N)=O)CCC(N2CCn3cnnc3C2)C1. The zero-order chi connectivity index (χ0) is 14.2. The van der Waals surface area contributed by atoms with Gasteiger partial charge in [0.1, 0.15) is 12.2 Å². The molecular weight excluding hydrogens is 256 g/mol. The molecule has 7 heteroatoms. The van der Waals surface area contributed by atoms with E-state index < -0.39 is 5.54 Å². The lowest BCUT2D eigenvalue weighted by atomic mass is 9.96. The standard InChI is InChI=1S/C13H22N6O/c1-2-15-13(12(14)20)4-3-10(7-13)18-5-6-19-9-16-17-11(19)8-18/h9-10,15H,2-8H2,1H3,(H2,14,20). The maximum absolute atomic E-state index is 11.8. The average molecular weight is 278 g/mol. The van der Waals surface area contributed by atoms with Crippen LogP contribution in [0.15, 0.2) is 6.33 Å². The summed E-state index contributed by atoms with van der Waals surface area (Å²) in [5, 5.41) is 11.4. The summed E-state index contributed by atoms with van der Waals surface area (Å²) < 4.78 is 2.09. The quantitative estimate of drug-likeness (QED) is 0.773. The van der Waals surface area contributed by atoms with Crippen LogP contribution >= 0.6 is 0 Å². The summed E-state index contributed by atoms with van der Waals surface area (Å²) >= 11 is 0. The number of primary amides is 1. The molecule has 3 rings (SSSR count). The molecule has 1 aliphatic carbocycles. The topological polar surface area (TPSA) is 89.1 Å². The number of fused-ring (bicyclic) bond motifs is 1. The first kappa shape index (κ1) is 13.5. The first-order chi connectivity index (χ1) is 9.64. The van der Waals surface area contributed by atoms with Crippen LogP contribution in [0, 0.1) is 0 Å². The Morgan fingerprint density at radius 1 is 1.60 bits per heavy atom. The summed E-state index contributed by atoms with van der Waals surface area (Å²) in [7, 11) is 0. The molecule has 110 valence electrons. The smallest absolute Gasteiger partial charge is 0.237 e. The van der Waals surface area contributed by atoms with E-state index in [2.05, 4.69) is 25.0 Å². The van der Waals surface area contributed by atoms with E-state index in [1.165, 1.54) is 0 Å². The number of aromatic nitrogens is 3. The second kappa shape index (κ2) is 5.14. The molecule has 7 nitrogen and oxygen atoms in total. The highest BCUT2D eigenvalue weighted by Crippen LogP contribution is 2.34. The summed E-state index contributed by atoms with van der Waals surface area (Å²) in [6, 6.07) is 0.395. The molecule has 1 aromatic rings. The van der Waals surface area contributed by atoms with Crippen LogP contribution in [0.4, 0.5) is 0 Å². The van der Waals surface area contributed by atoms with E-state index in [0.29, 0.717) is 6.04 Å². The Labute approximate surface area is 118 Å². The predicted octanol–water partition coefficient (Wildman–Crippen LogP) is -0.520. The summed E-state index contributed by atoms with van der Waals surface area (Å²) in [6.07, 6.45) is 4.41. The molecule has 3 N–H and O–H groups in total. The minimum atomic E-state index is -0.523. The predicted molar refractivity (Wildman–Crippen MR) is 73.7 cm³/mol. The highest BCUT2D eigenvalue weighted by atomic mass is 16.1. The van der Waals surface area contributed by atoms with Crippen LogP contribution in [0.3, 0.4) is 0 Å². The third-order valence-corrected chi connectivity index (χ3v) is 4.66. The number of hydrogen-bond donors (Lipinski definition) is 2. The Balaban J connectivity index is 1.70. The second-order valence-corrected chi connectivity index (χ2v) is 5.78. The fourth-order valence-electron chi connectivity index (χ4n) is 3.54. The van der Waals surface area contributed by atoms with Gasteiger partial charge in [-0.2, -0.15) is 0 Å². The van der Waals surface area contributed by atoms with E-state index in [0.717, 1.165) is 51.3 Å². The van der Waals surface area contributed by atoms with Gasteiger partial charge in [0.2, 0.25) is 5.91 Å². The molecule has 0 aromatic carbocycles. The second-order valence-electron chi connectivity index (χ2n) is 5.78. The number of nitrogens with two attached hydrogens (primary N) is 1. The van der Waals surface area contributed by atoms with E-state index in [-0.39, 0.29) is 5.91 Å². The van der Waals surface area contributed by atoms with Crippen molar-refractivity contribution in [2.24, 2.45) is 5.73 Å². The molecule has 0 spiro atoms. The van der Waals surface area contributed by atoms with Crippen LogP contribution in [-0.4, -0.2) is 50.2 Å². The molecule has 2 unspecified atom stereocenters. The third-order valence-electron chi connectivity index (χ3n) is 4.66. The number of carbonyl (C=O) groups is 1. The number of hydrogen-bond acceptors (Lipinski definition) is 5. The molecule has 2 atom stereocenters. The molecule has 1 aliphatic heterocycles. The largest absolute Gasteiger partial charge is 0.368 e. The van der Waals surface area contributed by atoms with Crippen molar-refractivity contribution in [3.8, 4) is 0 Å². The monoisotopic (exact) mass is 278 g/mol. The van der Waals surface area contributed by atoms with Gasteiger partial charge < -0.3 is 15.6 Å². The molecule has 0 bridgehead atoms. The van der Waals surface area contributed by atoms with Gasteiger partial charge in [0.05, 0.1) is 12.1 Å². The van der Waals surface area contributed by atoms with Crippen molar-refractivity contribution >= 4 is 5.91 Å². The fraction of sp³-hybridized carbons (Fsp3) is 0.769. The van der Waals surface area contributed by atoms with Crippen LogP contribution in [0.1, 0.15) is 32.0 Å².